The molecule has 6 heteroatoms. The molecule has 0 saturated carbocycles. The van der Waals surface area contributed by atoms with Gasteiger partial charge in [-0.2, -0.15) is 5.26 Å². The Morgan fingerprint density at radius 1 is 1.53 bits per heavy atom. The summed E-state index contributed by atoms with van der Waals surface area (Å²) in [4.78, 5) is 3.70. The monoisotopic (exact) mass is 215 g/mol. The minimum atomic E-state index is -2.98. The second kappa shape index (κ2) is 4.75. The molecule has 80 valence electrons. The van der Waals surface area contributed by atoms with Crippen LogP contribution in [0.4, 0.5) is 13.2 Å². The predicted molar refractivity (Wildman–Crippen MR) is 46.4 cm³/mol. The third-order valence-electron chi connectivity index (χ3n) is 1.81. The van der Waals surface area contributed by atoms with Crippen LogP contribution in [0.1, 0.15) is 23.4 Å². The molecule has 0 atom stereocenters. The van der Waals surface area contributed by atoms with Crippen molar-refractivity contribution in [3.8, 4) is 6.07 Å². The number of nitriles is 1. The summed E-state index contributed by atoms with van der Waals surface area (Å²) >= 11 is 0. The molecular formula is C9H8F3N3. The Balaban J connectivity index is 3.30. The van der Waals surface area contributed by atoms with Crippen molar-refractivity contribution >= 4 is 0 Å². The molecule has 0 fully saturated rings. The van der Waals surface area contributed by atoms with Gasteiger partial charge < -0.3 is 5.73 Å². The van der Waals surface area contributed by atoms with Crippen molar-refractivity contribution in [1.29, 1.82) is 5.26 Å². The number of halogens is 3. The van der Waals surface area contributed by atoms with Gasteiger partial charge in [0.2, 0.25) is 0 Å². The molecule has 0 radical (unpaired) electrons. The van der Waals surface area contributed by atoms with Crippen LogP contribution in [0.15, 0.2) is 6.07 Å². The maximum absolute atomic E-state index is 13.2. The quantitative estimate of drug-likeness (QED) is 0.834. The van der Waals surface area contributed by atoms with E-state index in [9.17, 15) is 13.2 Å². The van der Waals surface area contributed by atoms with Crippen LogP contribution in [0.2, 0.25) is 0 Å². The van der Waals surface area contributed by atoms with Gasteiger partial charge in [-0.05, 0) is 6.07 Å². The molecule has 0 amide bonds. The van der Waals surface area contributed by atoms with E-state index in [0.29, 0.717) is 0 Å². The zero-order valence-electron chi connectivity index (χ0n) is 7.67. The fourth-order valence-corrected chi connectivity index (χ4v) is 1.17. The van der Waals surface area contributed by atoms with Gasteiger partial charge in [-0.1, -0.05) is 0 Å². The highest BCUT2D eigenvalue weighted by Gasteiger charge is 2.20. The molecule has 1 heterocycles. The highest BCUT2D eigenvalue weighted by molar-refractivity contribution is 5.28. The summed E-state index contributed by atoms with van der Waals surface area (Å²) in [6.45, 7) is -0.0567. The average molecular weight is 215 g/mol. The number of nitrogens with zero attached hydrogens (tertiary/aromatic N) is 2. The number of alkyl halides is 2. The maximum Gasteiger partial charge on any atom is 0.268 e. The minimum absolute atomic E-state index is 0.0567. The first-order valence-corrected chi connectivity index (χ1v) is 4.13. The van der Waals surface area contributed by atoms with Gasteiger partial charge in [0.1, 0.15) is 5.82 Å². The third kappa shape index (κ3) is 2.44. The van der Waals surface area contributed by atoms with Gasteiger partial charge in [0, 0.05) is 6.54 Å². The van der Waals surface area contributed by atoms with E-state index in [1.165, 1.54) is 0 Å². The Kier molecular flexibility index (Phi) is 3.63. The lowest BCUT2D eigenvalue weighted by Crippen LogP contribution is -2.08. The topological polar surface area (TPSA) is 62.7 Å². The fraction of sp³-hybridized carbons (Fsp3) is 0.333. The van der Waals surface area contributed by atoms with E-state index in [2.05, 4.69) is 4.98 Å². The van der Waals surface area contributed by atoms with Crippen LogP contribution in [0.5, 0.6) is 0 Å². The largest absolute Gasteiger partial charge is 0.325 e. The van der Waals surface area contributed by atoms with Crippen molar-refractivity contribution < 1.29 is 13.2 Å². The van der Waals surface area contributed by atoms with Gasteiger partial charge in [0.05, 0.1) is 29.4 Å². The van der Waals surface area contributed by atoms with Crippen LogP contribution < -0.4 is 5.73 Å². The Hall–Kier alpha value is -1.61. The van der Waals surface area contributed by atoms with Crippen LogP contribution in [0, 0.1) is 17.1 Å². The summed E-state index contributed by atoms with van der Waals surface area (Å²) in [6, 6.07) is 2.52. The van der Waals surface area contributed by atoms with Crippen LogP contribution in [-0.4, -0.2) is 4.98 Å². The van der Waals surface area contributed by atoms with Crippen LogP contribution in [0.3, 0.4) is 0 Å². The number of nitrogens with two attached hydrogens (primary N) is 1. The van der Waals surface area contributed by atoms with Crippen molar-refractivity contribution in [3.05, 3.63) is 28.8 Å². The van der Waals surface area contributed by atoms with Crippen molar-refractivity contribution in [2.24, 2.45) is 5.73 Å². The Bertz CT molecular complexity index is 398. The van der Waals surface area contributed by atoms with E-state index >= 15 is 0 Å². The van der Waals surface area contributed by atoms with Gasteiger partial charge >= 0.3 is 0 Å². The Morgan fingerprint density at radius 2 is 2.20 bits per heavy atom. The lowest BCUT2D eigenvalue weighted by molar-refractivity contribution is 0.144. The van der Waals surface area contributed by atoms with E-state index in [-0.39, 0.29) is 24.4 Å². The molecule has 0 aliphatic carbocycles. The molecule has 15 heavy (non-hydrogen) atoms. The second-order valence-electron chi connectivity index (χ2n) is 2.80. The molecule has 2 N–H and O–H groups in total. The molecule has 1 rings (SSSR count). The standard InChI is InChI=1S/C9H8F3N3/c10-6-3-5(4-14)15-7(1-2-13)8(6)9(11)12/h3,9H,1,4,14H2. The van der Waals surface area contributed by atoms with E-state index in [1.807, 2.05) is 0 Å². The van der Waals surface area contributed by atoms with Crippen molar-refractivity contribution in [3.63, 3.8) is 0 Å². The van der Waals surface area contributed by atoms with Gasteiger partial charge in [-0.15, -0.1) is 0 Å². The normalized spacial score (nSPS) is 10.4. The molecule has 0 aliphatic rings. The summed E-state index contributed by atoms with van der Waals surface area (Å²) < 4.78 is 38.0. The fourth-order valence-electron chi connectivity index (χ4n) is 1.17. The summed E-state index contributed by atoms with van der Waals surface area (Å²) in [7, 11) is 0. The van der Waals surface area contributed by atoms with E-state index in [0.717, 1.165) is 6.07 Å². The first-order chi connectivity index (χ1) is 7.10. The molecule has 1 aromatic heterocycles. The number of hydrogen-bond acceptors (Lipinski definition) is 3. The summed E-state index contributed by atoms with van der Waals surface area (Å²) in [5, 5.41) is 8.39. The third-order valence-corrected chi connectivity index (χ3v) is 1.81. The number of hydrogen-bond donors (Lipinski definition) is 1. The molecule has 0 saturated heterocycles. The molecule has 0 spiro atoms. The highest BCUT2D eigenvalue weighted by Crippen LogP contribution is 2.25. The molecule has 0 aromatic carbocycles. The molecule has 0 unspecified atom stereocenters. The van der Waals surface area contributed by atoms with Gasteiger partial charge in [0.15, 0.2) is 0 Å². The van der Waals surface area contributed by atoms with E-state index in [4.69, 9.17) is 11.0 Å². The Labute approximate surface area is 84.3 Å². The zero-order valence-corrected chi connectivity index (χ0v) is 7.67. The molecule has 0 aliphatic heterocycles. The summed E-state index contributed by atoms with van der Waals surface area (Å²) in [5.74, 6) is -1.06. The number of rotatable bonds is 3. The molecule has 0 bridgehead atoms. The van der Waals surface area contributed by atoms with Gasteiger partial charge in [-0.3, -0.25) is 4.98 Å². The van der Waals surface area contributed by atoms with Crippen LogP contribution in [0.25, 0.3) is 0 Å². The van der Waals surface area contributed by atoms with Gasteiger partial charge in [0.25, 0.3) is 6.43 Å². The summed E-state index contributed by atoms with van der Waals surface area (Å²) in [5.41, 5.74) is 4.31. The van der Waals surface area contributed by atoms with Crippen LogP contribution >= 0.6 is 0 Å². The van der Waals surface area contributed by atoms with E-state index < -0.39 is 17.8 Å². The van der Waals surface area contributed by atoms with E-state index in [1.54, 1.807) is 6.07 Å². The highest BCUT2D eigenvalue weighted by atomic mass is 19.3. The summed E-state index contributed by atoms with van der Waals surface area (Å²) in [6.07, 6.45) is -3.34. The van der Waals surface area contributed by atoms with Crippen LogP contribution in [-0.2, 0) is 13.0 Å². The second-order valence-corrected chi connectivity index (χ2v) is 2.80. The first kappa shape index (κ1) is 11.5. The number of pyridine rings is 1. The maximum atomic E-state index is 13.2. The first-order valence-electron chi connectivity index (χ1n) is 4.13. The van der Waals surface area contributed by atoms with Crippen molar-refractivity contribution in [2.75, 3.05) is 0 Å². The van der Waals surface area contributed by atoms with Crippen molar-refractivity contribution in [1.82, 2.24) is 4.98 Å². The van der Waals surface area contributed by atoms with Gasteiger partial charge in [-0.25, -0.2) is 13.2 Å². The molecule has 3 nitrogen and oxygen atoms in total. The number of aromatic nitrogens is 1. The SMILES string of the molecule is N#CCc1nc(CN)cc(F)c1C(F)F. The molecular weight excluding hydrogens is 207 g/mol. The smallest absolute Gasteiger partial charge is 0.268 e. The lowest BCUT2D eigenvalue weighted by atomic mass is 10.1. The van der Waals surface area contributed by atoms with Crippen molar-refractivity contribution in [2.45, 2.75) is 19.4 Å². The zero-order chi connectivity index (χ0) is 11.4. The lowest BCUT2D eigenvalue weighted by Gasteiger charge is -2.08. The average Bonchev–Trinajstić information content (AvgIpc) is 2.16. The minimum Gasteiger partial charge on any atom is -0.325 e. The predicted octanol–water partition coefficient (Wildman–Crippen LogP) is 1.68. The molecule has 1 aromatic rings. The Morgan fingerprint density at radius 3 is 2.67 bits per heavy atom.